The summed E-state index contributed by atoms with van der Waals surface area (Å²) in [6.45, 7) is 10.9. The Hall–Kier alpha value is -0.900. The van der Waals surface area contributed by atoms with Gasteiger partial charge in [-0.25, -0.2) is 0 Å². The molecule has 0 aromatic carbocycles. The quantitative estimate of drug-likeness (QED) is 0.778. The van der Waals surface area contributed by atoms with Crippen molar-refractivity contribution < 1.29 is 14.3 Å². The standard InChI is InChI=1S/C12H23NO3/c1-8(2)11(9(3)14)13-10(15)7-16-12(4,5)6/h8,11H,7H2,1-6H3,(H,13,15). The van der Waals surface area contributed by atoms with Crippen molar-refractivity contribution in [3.05, 3.63) is 0 Å². The van der Waals surface area contributed by atoms with Gasteiger partial charge in [0.05, 0.1) is 11.6 Å². The third-order valence-electron chi connectivity index (χ3n) is 2.06. The smallest absolute Gasteiger partial charge is 0.246 e. The zero-order valence-electron chi connectivity index (χ0n) is 11.1. The summed E-state index contributed by atoms with van der Waals surface area (Å²) in [5.74, 6) is -0.181. The van der Waals surface area contributed by atoms with Gasteiger partial charge in [0.15, 0.2) is 5.78 Å². The predicted molar refractivity (Wildman–Crippen MR) is 63.2 cm³/mol. The number of hydrogen-bond donors (Lipinski definition) is 1. The molecule has 1 N–H and O–H groups in total. The lowest BCUT2D eigenvalue weighted by Crippen LogP contribution is -2.45. The fourth-order valence-corrected chi connectivity index (χ4v) is 1.23. The van der Waals surface area contributed by atoms with Crippen molar-refractivity contribution in [2.24, 2.45) is 5.92 Å². The maximum Gasteiger partial charge on any atom is 0.246 e. The molecule has 16 heavy (non-hydrogen) atoms. The van der Waals surface area contributed by atoms with Crippen LogP contribution in [0.15, 0.2) is 0 Å². The van der Waals surface area contributed by atoms with E-state index in [1.54, 1.807) is 0 Å². The molecule has 1 atom stereocenters. The minimum atomic E-state index is -0.420. The van der Waals surface area contributed by atoms with Crippen LogP contribution in [0.3, 0.4) is 0 Å². The number of carbonyl (C=O) groups is 2. The molecule has 0 aromatic rings. The number of ketones is 1. The van der Waals surface area contributed by atoms with Crippen LogP contribution < -0.4 is 5.32 Å². The molecule has 0 heterocycles. The summed E-state index contributed by atoms with van der Waals surface area (Å²) in [6.07, 6.45) is 0. The van der Waals surface area contributed by atoms with Gasteiger partial charge < -0.3 is 10.1 Å². The molecule has 0 aliphatic heterocycles. The highest BCUT2D eigenvalue weighted by atomic mass is 16.5. The average Bonchev–Trinajstić information content (AvgIpc) is 2.08. The normalized spacial score (nSPS) is 13.7. The molecule has 0 rings (SSSR count). The molecule has 94 valence electrons. The monoisotopic (exact) mass is 229 g/mol. The molecule has 0 aromatic heterocycles. The van der Waals surface area contributed by atoms with E-state index in [4.69, 9.17) is 4.74 Å². The second-order valence-corrected chi connectivity index (χ2v) is 5.30. The van der Waals surface area contributed by atoms with E-state index in [1.807, 2.05) is 34.6 Å². The SMILES string of the molecule is CC(=O)C(NC(=O)COC(C)(C)C)C(C)C. The second kappa shape index (κ2) is 5.99. The maximum atomic E-state index is 11.5. The lowest BCUT2D eigenvalue weighted by Gasteiger charge is -2.22. The van der Waals surface area contributed by atoms with Crippen molar-refractivity contribution in [1.29, 1.82) is 0 Å². The molecule has 0 aliphatic carbocycles. The van der Waals surface area contributed by atoms with Crippen LogP contribution >= 0.6 is 0 Å². The van der Waals surface area contributed by atoms with Crippen molar-refractivity contribution in [3.8, 4) is 0 Å². The van der Waals surface area contributed by atoms with E-state index < -0.39 is 6.04 Å². The Bertz CT molecular complexity index is 253. The Morgan fingerprint density at radius 1 is 1.25 bits per heavy atom. The summed E-state index contributed by atoms with van der Waals surface area (Å²) < 4.78 is 5.33. The van der Waals surface area contributed by atoms with Crippen LogP contribution in [0.1, 0.15) is 41.5 Å². The first-order chi connectivity index (χ1) is 7.13. The van der Waals surface area contributed by atoms with Crippen molar-refractivity contribution in [2.75, 3.05) is 6.61 Å². The van der Waals surface area contributed by atoms with Gasteiger partial charge in [0.25, 0.3) is 0 Å². The summed E-state index contributed by atoms with van der Waals surface area (Å²) in [7, 11) is 0. The molecular weight excluding hydrogens is 206 g/mol. The average molecular weight is 229 g/mol. The maximum absolute atomic E-state index is 11.5. The Labute approximate surface area is 97.7 Å². The first kappa shape index (κ1) is 15.1. The van der Waals surface area contributed by atoms with Crippen molar-refractivity contribution >= 4 is 11.7 Å². The zero-order chi connectivity index (χ0) is 12.9. The van der Waals surface area contributed by atoms with E-state index in [9.17, 15) is 9.59 Å². The molecule has 0 saturated carbocycles. The highest BCUT2D eigenvalue weighted by molar-refractivity contribution is 5.88. The van der Waals surface area contributed by atoms with Crippen LogP contribution in [0.5, 0.6) is 0 Å². The predicted octanol–water partition coefficient (Wildman–Crippen LogP) is 1.53. The Kier molecular flexibility index (Phi) is 5.65. The lowest BCUT2D eigenvalue weighted by molar-refractivity contribution is -0.134. The minimum absolute atomic E-state index is 0.0139. The molecule has 4 heteroatoms. The highest BCUT2D eigenvalue weighted by Crippen LogP contribution is 2.07. The van der Waals surface area contributed by atoms with Gasteiger partial charge in [-0.05, 0) is 33.6 Å². The highest BCUT2D eigenvalue weighted by Gasteiger charge is 2.21. The number of carbonyl (C=O) groups excluding carboxylic acids is 2. The number of rotatable bonds is 5. The van der Waals surface area contributed by atoms with E-state index in [1.165, 1.54) is 6.92 Å². The fourth-order valence-electron chi connectivity index (χ4n) is 1.23. The molecule has 1 amide bonds. The molecule has 0 saturated heterocycles. The first-order valence-electron chi connectivity index (χ1n) is 5.57. The fraction of sp³-hybridized carbons (Fsp3) is 0.833. The van der Waals surface area contributed by atoms with Crippen LogP contribution in [0.25, 0.3) is 0 Å². The molecular formula is C12H23NO3. The number of ether oxygens (including phenoxy) is 1. The van der Waals surface area contributed by atoms with Gasteiger partial charge >= 0.3 is 0 Å². The van der Waals surface area contributed by atoms with Crippen LogP contribution in [0.2, 0.25) is 0 Å². The molecule has 0 radical (unpaired) electrons. The van der Waals surface area contributed by atoms with Crippen molar-refractivity contribution in [1.82, 2.24) is 5.32 Å². The van der Waals surface area contributed by atoms with Gasteiger partial charge in [-0.1, -0.05) is 13.8 Å². The van der Waals surface area contributed by atoms with Crippen LogP contribution in [-0.2, 0) is 14.3 Å². The van der Waals surface area contributed by atoms with Gasteiger partial charge in [0, 0.05) is 0 Å². The van der Waals surface area contributed by atoms with Crippen LogP contribution in [0.4, 0.5) is 0 Å². The molecule has 0 spiro atoms. The molecule has 1 unspecified atom stereocenters. The van der Waals surface area contributed by atoms with E-state index >= 15 is 0 Å². The third kappa shape index (κ3) is 6.56. The minimum Gasteiger partial charge on any atom is -0.366 e. The lowest BCUT2D eigenvalue weighted by atomic mass is 10.0. The number of nitrogens with one attached hydrogen (secondary N) is 1. The van der Waals surface area contributed by atoms with Gasteiger partial charge in [0.1, 0.15) is 6.61 Å². The van der Waals surface area contributed by atoms with E-state index in [2.05, 4.69) is 5.32 Å². The Morgan fingerprint density at radius 3 is 2.06 bits per heavy atom. The van der Waals surface area contributed by atoms with Crippen molar-refractivity contribution in [3.63, 3.8) is 0 Å². The summed E-state index contributed by atoms with van der Waals surface area (Å²) in [4.78, 5) is 22.8. The molecule has 0 bridgehead atoms. The molecule has 4 nitrogen and oxygen atoms in total. The van der Waals surface area contributed by atoms with E-state index in [-0.39, 0.29) is 29.8 Å². The number of amides is 1. The number of Topliss-reactive ketones (excluding diaryl/α,β-unsaturated/α-hetero) is 1. The summed E-state index contributed by atoms with van der Waals surface area (Å²) in [5.41, 5.74) is -0.346. The number of hydrogen-bond acceptors (Lipinski definition) is 3. The van der Waals surface area contributed by atoms with Crippen LogP contribution in [0, 0.1) is 5.92 Å². The van der Waals surface area contributed by atoms with Gasteiger partial charge in [-0.3, -0.25) is 9.59 Å². The summed E-state index contributed by atoms with van der Waals surface area (Å²) in [5, 5.41) is 2.68. The van der Waals surface area contributed by atoms with Gasteiger partial charge in [-0.15, -0.1) is 0 Å². The van der Waals surface area contributed by atoms with Crippen molar-refractivity contribution in [2.45, 2.75) is 53.2 Å². The van der Waals surface area contributed by atoms with Crippen LogP contribution in [-0.4, -0.2) is 29.9 Å². The summed E-state index contributed by atoms with van der Waals surface area (Å²) in [6, 6.07) is -0.420. The van der Waals surface area contributed by atoms with Gasteiger partial charge in [-0.2, -0.15) is 0 Å². The van der Waals surface area contributed by atoms with E-state index in [0.717, 1.165) is 0 Å². The first-order valence-corrected chi connectivity index (χ1v) is 5.57. The largest absolute Gasteiger partial charge is 0.366 e. The molecule has 0 fully saturated rings. The third-order valence-corrected chi connectivity index (χ3v) is 2.06. The second-order valence-electron chi connectivity index (χ2n) is 5.30. The Morgan fingerprint density at radius 2 is 1.75 bits per heavy atom. The molecule has 0 aliphatic rings. The zero-order valence-corrected chi connectivity index (χ0v) is 11.1. The summed E-state index contributed by atoms with van der Waals surface area (Å²) >= 11 is 0. The van der Waals surface area contributed by atoms with E-state index in [0.29, 0.717) is 0 Å². The Balaban J connectivity index is 4.17. The van der Waals surface area contributed by atoms with Gasteiger partial charge in [0.2, 0.25) is 5.91 Å². The topological polar surface area (TPSA) is 55.4 Å².